The Morgan fingerprint density at radius 3 is 2.57 bits per heavy atom. The van der Waals surface area contributed by atoms with E-state index < -0.39 is 30.8 Å². The molecule has 0 aromatic heterocycles. The number of ether oxygens (including phenoxy) is 1. The van der Waals surface area contributed by atoms with E-state index in [1.54, 1.807) is 0 Å². The maximum absolute atomic E-state index is 13.5. The highest BCUT2D eigenvalue weighted by atomic mass is 79.9. The van der Waals surface area contributed by atoms with E-state index in [1.807, 2.05) is 0 Å². The maximum atomic E-state index is 13.5. The molecule has 0 radical (unpaired) electrons. The molecule has 0 aliphatic heterocycles. The van der Waals surface area contributed by atoms with Gasteiger partial charge in [-0.3, -0.25) is 11.3 Å². The van der Waals surface area contributed by atoms with Crippen LogP contribution in [0.5, 0.6) is 0 Å². The molecule has 0 saturated carbocycles. The third-order valence-electron chi connectivity index (χ3n) is 2.64. The van der Waals surface area contributed by atoms with Gasteiger partial charge in [-0.2, -0.15) is 8.78 Å². The van der Waals surface area contributed by atoms with Crippen LogP contribution in [0.15, 0.2) is 22.7 Å². The Balaban J connectivity index is 2.54. The Morgan fingerprint density at radius 2 is 2.00 bits per heavy atom. The van der Waals surface area contributed by atoms with E-state index in [2.05, 4.69) is 26.1 Å². The monoisotopic (exact) mass is 376 g/mol. The van der Waals surface area contributed by atoms with Gasteiger partial charge >= 0.3 is 12.3 Å². The highest BCUT2D eigenvalue weighted by Crippen LogP contribution is 2.23. The zero-order valence-electron chi connectivity index (χ0n) is 10.8. The molecular formula is C12H14BrF5N2O. The van der Waals surface area contributed by atoms with E-state index in [0.29, 0.717) is 4.47 Å². The zero-order valence-corrected chi connectivity index (χ0v) is 12.3. The molecule has 3 nitrogen and oxygen atoms in total. The van der Waals surface area contributed by atoms with E-state index in [1.165, 1.54) is 18.2 Å². The SMILES string of the molecule is NNC(COCC(F)(F)C(F)F)Cc1cc(Br)ccc1F. The van der Waals surface area contributed by atoms with Crippen molar-refractivity contribution in [1.29, 1.82) is 0 Å². The average Bonchev–Trinajstić information content (AvgIpc) is 2.41. The van der Waals surface area contributed by atoms with Gasteiger partial charge in [-0.1, -0.05) is 15.9 Å². The molecule has 0 fully saturated rings. The van der Waals surface area contributed by atoms with Crippen molar-refractivity contribution in [3.05, 3.63) is 34.1 Å². The van der Waals surface area contributed by atoms with Gasteiger partial charge < -0.3 is 4.74 Å². The van der Waals surface area contributed by atoms with Crippen molar-refractivity contribution >= 4 is 15.9 Å². The number of halogens is 6. The van der Waals surface area contributed by atoms with Gasteiger partial charge in [-0.15, -0.1) is 0 Å². The number of hydrogen-bond donors (Lipinski definition) is 2. The summed E-state index contributed by atoms with van der Waals surface area (Å²) < 4.78 is 67.9. The average molecular weight is 377 g/mol. The van der Waals surface area contributed by atoms with Crippen LogP contribution in [0.1, 0.15) is 5.56 Å². The summed E-state index contributed by atoms with van der Waals surface area (Å²) >= 11 is 3.17. The second-order valence-corrected chi connectivity index (χ2v) is 5.30. The second-order valence-electron chi connectivity index (χ2n) is 4.38. The smallest absolute Gasteiger partial charge is 0.330 e. The Morgan fingerprint density at radius 1 is 1.33 bits per heavy atom. The number of rotatable bonds is 8. The number of nitrogens with one attached hydrogen (secondary N) is 1. The Bertz CT molecular complexity index is 461. The van der Waals surface area contributed by atoms with Gasteiger partial charge in [0.05, 0.1) is 6.61 Å². The van der Waals surface area contributed by atoms with Crippen molar-refractivity contribution in [2.75, 3.05) is 13.2 Å². The van der Waals surface area contributed by atoms with Gasteiger partial charge in [0, 0.05) is 10.5 Å². The number of hydrogen-bond acceptors (Lipinski definition) is 3. The molecule has 1 atom stereocenters. The molecule has 1 unspecified atom stereocenters. The molecule has 0 spiro atoms. The molecule has 0 bridgehead atoms. The molecule has 3 N–H and O–H groups in total. The van der Waals surface area contributed by atoms with E-state index in [-0.39, 0.29) is 18.6 Å². The molecule has 21 heavy (non-hydrogen) atoms. The van der Waals surface area contributed by atoms with Gasteiger partial charge in [0.25, 0.3) is 0 Å². The van der Waals surface area contributed by atoms with Gasteiger partial charge in [-0.05, 0) is 30.2 Å². The predicted molar refractivity (Wildman–Crippen MR) is 70.7 cm³/mol. The van der Waals surface area contributed by atoms with Crippen molar-refractivity contribution in [2.24, 2.45) is 5.84 Å². The fourth-order valence-corrected chi connectivity index (χ4v) is 1.94. The van der Waals surface area contributed by atoms with Gasteiger partial charge in [-0.25, -0.2) is 13.2 Å². The van der Waals surface area contributed by atoms with Crippen LogP contribution in [0.25, 0.3) is 0 Å². The van der Waals surface area contributed by atoms with Crippen molar-refractivity contribution < 1.29 is 26.7 Å². The molecule has 0 aliphatic carbocycles. The summed E-state index contributed by atoms with van der Waals surface area (Å²) in [7, 11) is 0. The Labute approximate surface area is 126 Å². The summed E-state index contributed by atoms with van der Waals surface area (Å²) in [6.07, 6.45) is -3.74. The van der Waals surface area contributed by atoms with Crippen LogP contribution in [-0.4, -0.2) is 31.6 Å². The fourth-order valence-electron chi connectivity index (χ4n) is 1.53. The molecule has 0 aliphatic rings. The normalized spacial score (nSPS) is 13.7. The van der Waals surface area contributed by atoms with Gasteiger partial charge in [0.1, 0.15) is 12.4 Å². The van der Waals surface area contributed by atoms with Crippen LogP contribution < -0.4 is 11.3 Å². The van der Waals surface area contributed by atoms with Gasteiger partial charge in [0.2, 0.25) is 0 Å². The molecule has 120 valence electrons. The van der Waals surface area contributed by atoms with Crippen LogP contribution in [0, 0.1) is 5.82 Å². The minimum Gasteiger partial charge on any atom is -0.373 e. The topological polar surface area (TPSA) is 47.3 Å². The van der Waals surface area contributed by atoms with Crippen LogP contribution in [0.2, 0.25) is 0 Å². The van der Waals surface area contributed by atoms with Crippen molar-refractivity contribution in [2.45, 2.75) is 24.8 Å². The highest BCUT2D eigenvalue weighted by molar-refractivity contribution is 9.10. The van der Waals surface area contributed by atoms with Crippen LogP contribution >= 0.6 is 15.9 Å². The number of nitrogens with two attached hydrogens (primary N) is 1. The maximum Gasteiger partial charge on any atom is 0.330 e. The van der Waals surface area contributed by atoms with Crippen LogP contribution in [0.4, 0.5) is 22.0 Å². The van der Waals surface area contributed by atoms with Gasteiger partial charge in [0.15, 0.2) is 0 Å². The van der Waals surface area contributed by atoms with Crippen LogP contribution in [0.3, 0.4) is 0 Å². The van der Waals surface area contributed by atoms with E-state index in [4.69, 9.17) is 5.84 Å². The fraction of sp³-hybridized carbons (Fsp3) is 0.500. The Hall–Kier alpha value is -0.770. The molecule has 1 aromatic rings. The minimum atomic E-state index is -4.22. The largest absolute Gasteiger partial charge is 0.373 e. The second kappa shape index (κ2) is 8.02. The third kappa shape index (κ3) is 5.85. The van der Waals surface area contributed by atoms with Crippen molar-refractivity contribution in [3.63, 3.8) is 0 Å². The molecule has 0 heterocycles. The summed E-state index contributed by atoms with van der Waals surface area (Å²) in [5.41, 5.74) is 2.56. The molecule has 9 heteroatoms. The number of hydrazine groups is 1. The first-order valence-corrected chi connectivity index (χ1v) is 6.69. The summed E-state index contributed by atoms with van der Waals surface area (Å²) in [6.45, 7) is -1.78. The van der Waals surface area contributed by atoms with E-state index in [9.17, 15) is 22.0 Å². The summed E-state index contributed by atoms with van der Waals surface area (Å²) in [5, 5.41) is 0. The lowest BCUT2D eigenvalue weighted by Crippen LogP contribution is -2.42. The predicted octanol–water partition coefficient (Wildman–Crippen LogP) is 2.88. The standard InChI is InChI=1S/C12H14BrF5N2O/c13-8-1-2-10(14)7(3-8)4-9(20-19)5-21-6-12(17,18)11(15)16/h1-3,9,11,20H,4-6,19H2. The molecule has 1 rings (SSSR count). The zero-order chi connectivity index (χ0) is 16.0. The number of alkyl halides is 4. The summed E-state index contributed by atoms with van der Waals surface area (Å²) in [5.74, 6) is 0.507. The Kier molecular flexibility index (Phi) is 6.98. The first-order chi connectivity index (χ1) is 9.76. The molecule has 0 amide bonds. The molecular weight excluding hydrogens is 363 g/mol. The third-order valence-corrected chi connectivity index (χ3v) is 3.14. The molecule has 0 saturated heterocycles. The van der Waals surface area contributed by atoms with Crippen LogP contribution in [-0.2, 0) is 11.2 Å². The van der Waals surface area contributed by atoms with Crippen molar-refractivity contribution in [3.8, 4) is 0 Å². The number of benzene rings is 1. The quantitative estimate of drug-likeness (QED) is 0.416. The highest BCUT2D eigenvalue weighted by Gasteiger charge is 2.41. The lowest BCUT2D eigenvalue weighted by Gasteiger charge is -2.19. The lowest BCUT2D eigenvalue weighted by molar-refractivity contribution is -0.167. The summed E-state index contributed by atoms with van der Waals surface area (Å²) in [4.78, 5) is 0. The minimum absolute atomic E-state index is 0.0576. The van der Waals surface area contributed by atoms with E-state index >= 15 is 0 Å². The molecule has 1 aromatic carbocycles. The first kappa shape index (κ1) is 18.3. The first-order valence-electron chi connectivity index (χ1n) is 5.90. The lowest BCUT2D eigenvalue weighted by atomic mass is 10.1. The van der Waals surface area contributed by atoms with E-state index in [0.717, 1.165) is 0 Å². The summed E-state index contributed by atoms with van der Waals surface area (Å²) in [6, 6.07) is 3.55. The van der Waals surface area contributed by atoms with Crippen molar-refractivity contribution in [1.82, 2.24) is 5.43 Å².